The van der Waals surface area contributed by atoms with Crippen LogP contribution in [0.4, 0.5) is 5.69 Å². The Hall–Kier alpha value is -1.39. The Labute approximate surface area is 111 Å². The standard InChI is InChI=1S/C14H17NO2S/c16-8-2-10-18-14-6-4-12(5-7-14)15-11-13-3-1-9-17-13/h1,3-7,9,15-16H,2,8,10-11H2. The van der Waals surface area contributed by atoms with Gasteiger partial charge in [0.1, 0.15) is 5.76 Å². The number of hydrogen-bond acceptors (Lipinski definition) is 4. The molecule has 0 spiro atoms. The lowest BCUT2D eigenvalue weighted by Gasteiger charge is -2.06. The molecule has 0 aliphatic heterocycles. The van der Waals surface area contributed by atoms with Crippen molar-refractivity contribution >= 4 is 17.4 Å². The van der Waals surface area contributed by atoms with Crippen molar-refractivity contribution in [2.24, 2.45) is 0 Å². The van der Waals surface area contributed by atoms with Crippen LogP contribution in [0, 0.1) is 0 Å². The molecular weight excluding hydrogens is 246 g/mol. The van der Waals surface area contributed by atoms with E-state index < -0.39 is 0 Å². The molecule has 96 valence electrons. The van der Waals surface area contributed by atoms with Crippen molar-refractivity contribution in [3.63, 3.8) is 0 Å². The molecule has 1 heterocycles. The monoisotopic (exact) mass is 263 g/mol. The van der Waals surface area contributed by atoms with E-state index in [1.807, 2.05) is 12.1 Å². The maximum absolute atomic E-state index is 8.72. The first-order chi connectivity index (χ1) is 8.88. The Morgan fingerprint density at radius 3 is 2.67 bits per heavy atom. The molecule has 0 saturated carbocycles. The molecule has 0 bridgehead atoms. The van der Waals surface area contributed by atoms with Gasteiger partial charge in [-0.3, -0.25) is 0 Å². The molecule has 3 nitrogen and oxygen atoms in total. The van der Waals surface area contributed by atoms with E-state index in [0.29, 0.717) is 6.54 Å². The normalized spacial score (nSPS) is 10.5. The van der Waals surface area contributed by atoms with Gasteiger partial charge in [-0.05, 0) is 42.8 Å². The summed E-state index contributed by atoms with van der Waals surface area (Å²) in [5, 5.41) is 12.0. The smallest absolute Gasteiger partial charge is 0.122 e. The van der Waals surface area contributed by atoms with Gasteiger partial charge in [-0.25, -0.2) is 0 Å². The van der Waals surface area contributed by atoms with Gasteiger partial charge in [0, 0.05) is 22.9 Å². The largest absolute Gasteiger partial charge is 0.467 e. The number of furan rings is 1. The molecule has 0 radical (unpaired) electrons. The van der Waals surface area contributed by atoms with E-state index in [-0.39, 0.29) is 6.61 Å². The van der Waals surface area contributed by atoms with Crippen LogP contribution in [0.5, 0.6) is 0 Å². The molecule has 1 aromatic carbocycles. The number of aliphatic hydroxyl groups excluding tert-OH is 1. The van der Waals surface area contributed by atoms with Gasteiger partial charge in [0.05, 0.1) is 12.8 Å². The minimum absolute atomic E-state index is 0.260. The molecule has 2 N–H and O–H groups in total. The van der Waals surface area contributed by atoms with Crippen molar-refractivity contribution in [3.8, 4) is 0 Å². The van der Waals surface area contributed by atoms with Crippen molar-refractivity contribution in [2.75, 3.05) is 17.7 Å². The van der Waals surface area contributed by atoms with Gasteiger partial charge in [-0.2, -0.15) is 0 Å². The van der Waals surface area contributed by atoms with Crippen molar-refractivity contribution in [1.29, 1.82) is 0 Å². The molecule has 0 unspecified atom stereocenters. The zero-order valence-corrected chi connectivity index (χ0v) is 11.0. The number of nitrogens with one attached hydrogen (secondary N) is 1. The van der Waals surface area contributed by atoms with Crippen LogP contribution in [0.25, 0.3) is 0 Å². The van der Waals surface area contributed by atoms with E-state index in [1.165, 1.54) is 4.90 Å². The summed E-state index contributed by atoms with van der Waals surface area (Å²) in [4.78, 5) is 1.23. The lowest BCUT2D eigenvalue weighted by atomic mass is 10.3. The van der Waals surface area contributed by atoms with Crippen LogP contribution in [0.2, 0.25) is 0 Å². The Morgan fingerprint density at radius 2 is 2.00 bits per heavy atom. The number of thioether (sulfide) groups is 1. The topological polar surface area (TPSA) is 45.4 Å². The van der Waals surface area contributed by atoms with Crippen LogP contribution < -0.4 is 5.32 Å². The third kappa shape index (κ3) is 4.13. The summed E-state index contributed by atoms with van der Waals surface area (Å²) in [5.41, 5.74) is 1.08. The highest BCUT2D eigenvalue weighted by Gasteiger charge is 1.97. The highest BCUT2D eigenvalue weighted by atomic mass is 32.2. The fourth-order valence-corrected chi connectivity index (χ4v) is 2.36. The molecule has 0 fully saturated rings. The third-order valence-electron chi connectivity index (χ3n) is 2.47. The molecule has 4 heteroatoms. The summed E-state index contributed by atoms with van der Waals surface area (Å²) >= 11 is 1.76. The molecular formula is C14H17NO2S. The lowest BCUT2D eigenvalue weighted by molar-refractivity contribution is 0.296. The first-order valence-corrected chi connectivity index (χ1v) is 6.97. The van der Waals surface area contributed by atoms with Crippen LogP contribution in [0.1, 0.15) is 12.2 Å². The minimum atomic E-state index is 0.260. The molecule has 0 atom stereocenters. The maximum Gasteiger partial charge on any atom is 0.122 e. The van der Waals surface area contributed by atoms with Gasteiger partial charge in [0.2, 0.25) is 0 Å². The highest BCUT2D eigenvalue weighted by molar-refractivity contribution is 7.99. The van der Waals surface area contributed by atoms with Gasteiger partial charge >= 0.3 is 0 Å². The molecule has 2 aromatic rings. The van der Waals surface area contributed by atoms with Crippen molar-refractivity contribution < 1.29 is 9.52 Å². The molecule has 2 rings (SSSR count). The SMILES string of the molecule is OCCCSc1ccc(NCc2ccco2)cc1. The number of aliphatic hydroxyl groups is 1. The van der Waals surface area contributed by atoms with Crippen LogP contribution in [-0.4, -0.2) is 17.5 Å². The minimum Gasteiger partial charge on any atom is -0.467 e. The summed E-state index contributed by atoms with van der Waals surface area (Å²) in [6.07, 6.45) is 2.51. The van der Waals surface area contributed by atoms with Gasteiger partial charge in [-0.1, -0.05) is 0 Å². The average molecular weight is 263 g/mol. The Balaban J connectivity index is 1.80. The fraction of sp³-hybridized carbons (Fsp3) is 0.286. The average Bonchev–Trinajstić information content (AvgIpc) is 2.91. The fourth-order valence-electron chi connectivity index (χ4n) is 1.53. The van der Waals surface area contributed by atoms with Crippen LogP contribution in [0.3, 0.4) is 0 Å². The molecule has 0 aliphatic carbocycles. The summed E-state index contributed by atoms with van der Waals surface area (Å²) in [5.74, 6) is 1.88. The van der Waals surface area contributed by atoms with Gasteiger partial charge in [0.15, 0.2) is 0 Å². The zero-order valence-electron chi connectivity index (χ0n) is 10.1. The summed E-state index contributed by atoms with van der Waals surface area (Å²) in [6.45, 7) is 0.958. The number of rotatable bonds is 7. The van der Waals surface area contributed by atoms with Gasteiger partial charge < -0.3 is 14.8 Å². The first-order valence-electron chi connectivity index (χ1n) is 5.98. The van der Waals surface area contributed by atoms with Crippen LogP contribution >= 0.6 is 11.8 Å². The number of benzene rings is 1. The van der Waals surface area contributed by atoms with Gasteiger partial charge in [-0.15, -0.1) is 11.8 Å². The van der Waals surface area contributed by atoms with E-state index in [9.17, 15) is 0 Å². The molecule has 0 aliphatic rings. The van der Waals surface area contributed by atoms with E-state index in [1.54, 1.807) is 18.0 Å². The molecule has 18 heavy (non-hydrogen) atoms. The maximum atomic E-state index is 8.72. The first kappa shape index (κ1) is 13.1. The van der Waals surface area contributed by atoms with Crippen LogP contribution in [0.15, 0.2) is 52.0 Å². The van der Waals surface area contributed by atoms with Gasteiger partial charge in [0.25, 0.3) is 0 Å². The molecule has 0 amide bonds. The summed E-state index contributed by atoms with van der Waals surface area (Å²) < 4.78 is 5.25. The third-order valence-corrected chi connectivity index (χ3v) is 3.57. The van der Waals surface area contributed by atoms with Crippen molar-refractivity contribution in [3.05, 3.63) is 48.4 Å². The van der Waals surface area contributed by atoms with Crippen LogP contribution in [-0.2, 0) is 6.54 Å². The lowest BCUT2D eigenvalue weighted by Crippen LogP contribution is -1.97. The quantitative estimate of drug-likeness (QED) is 0.594. The highest BCUT2D eigenvalue weighted by Crippen LogP contribution is 2.21. The number of anilines is 1. The summed E-state index contributed by atoms with van der Waals surface area (Å²) in [6, 6.07) is 12.1. The van der Waals surface area contributed by atoms with E-state index in [2.05, 4.69) is 29.6 Å². The van der Waals surface area contributed by atoms with E-state index >= 15 is 0 Å². The van der Waals surface area contributed by atoms with Crippen molar-refractivity contribution in [2.45, 2.75) is 17.9 Å². The predicted octanol–water partition coefficient (Wildman–Crippen LogP) is 3.37. The summed E-state index contributed by atoms with van der Waals surface area (Å²) in [7, 11) is 0. The van der Waals surface area contributed by atoms with E-state index in [4.69, 9.17) is 9.52 Å². The zero-order chi connectivity index (χ0) is 12.6. The number of hydrogen-bond donors (Lipinski definition) is 2. The Bertz CT molecular complexity index is 439. The second kappa shape index (κ2) is 7.13. The van der Waals surface area contributed by atoms with E-state index in [0.717, 1.165) is 23.6 Å². The molecule has 0 saturated heterocycles. The molecule has 1 aromatic heterocycles. The second-order valence-electron chi connectivity index (χ2n) is 3.88. The Kier molecular flexibility index (Phi) is 5.17. The van der Waals surface area contributed by atoms with Crippen molar-refractivity contribution in [1.82, 2.24) is 0 Å². The second-order valence-corrected chi connectivity index (χ2v) is 5.05. The predicted molar refractivity (Wildman–Crippen MR) is 74.9 cm³/mol. The Morgan fingerprint density at radius 1 is 1.17 bits per heavy atom.